The van der Waals surface area contributed by atoms with Crippen molar-refractivity contribution in [1.29, 1.82) is 0 Å². The number of hydrogen-bond donors (Lipinski definition) is 2. The molecule has 2 aromatic carbocycles. The predicted molar refractivity (Wildman–Crippen MR) is 93.3 cm³/mol. The summed E-state index contributed by atoms with van der Waals surface area (Å²) in [4.78, 5) is 3.52. The number of aromatic nitrogens is 1. The van der Waals surface area contributed by atoms with E-state index in [1.807, 2.05) is 30.3 Å². The number of H-pyrrole nitrogens is 1. The summed E-state index contributed by atoms with van der Waals surface area (Å²) < 4.78 is 0. The molecule has 0 fully saturated rings. The monoisotopic (exact) mass is 350 g/mol. The summed E-state index contributed by atoms with van der Waals surface area (Å²) >= 11 is 18.6. The Balaban J connectivity index is 1.90. The van der Waals surface area contributed by atoms with Gasteiger partial charge in [-0.25, -0.2) is 0 Å². The first-order valence-corrected chi connectivity index (χ1v) is 8.25. The average Bonchev–Trinajstić information content (AvgIpc) is 2.85. The van der Waals surface area contributed by atoms with E-state index in [9.17, 15) is 0 Å². The van der Waals surface area contributed by atoms with Gasteiger partial charge in [-0.15, -0.1) is 0 Å². The van der Waals surface area contributed by atoms with Crippen LogP contribution >= 0.6 is 34.8 Å². The second kappa shape index (κ2) is 5.47. The van der Waals surface area contributed by atoms with Gasteiger partial charge in [0.25, 0.3) is 0 Å². The molecule has 1 aromatic heterocycles. The van der Waals surface area contributed by atoms with Crippen molar-refractivity contribution in [3.05, 3.63) is 68.3 Å². The first kappa shape index (κ1) is 14.4. The van der Waals surface area contributed by atoms with Gasteiger partial charge < -0.3 is 10.3 Å². The number of nitrogens with one attached hydrogen (secondary N) is 2. The Morgan fingerprint density at radius 3 is 2.55 bits per heavy atom. The minimum atomic E-state index is 0.0414. The van der Waals surface area contributed by atoms with Crippen LogP contribution in [0.25, 0.3) is 10.9 Å². The SMILES string of the molecule is Clc1ccc(C2NCCc3c2[nH]c2ccc(Cl)cc32)c(Cl)c1. The second-order valence-corrected chi connectivity index (χ2v) is 6.79. The van der Waals surface area contributed by atoms with Gasteiger partial charge in [0.2, 0.25) is 0 Å². The van der Waals surface area contributed by atoms with E-state index in [1.165, 1.54) is 10.9 Å². The Hall–Kier alpha value is -1.19. The van der Waals surface area contributed by atoms with Gasteiger partial charge in [-0.1, -0.05) is 40.9 Å². The van der Waals surface area contributed by atoms with Crippen molar-refractivity contribution in [2.75, 3.05) is 6.54 Å². The zero-order valence-corrected chi connectivity index (χ0v) is 13.9. The van der Waals surface area contributed by atoms with Crippen LogP contribution in [0.4, 0.5) is 0 Å². The molecule has 1 aliphatic heterocycles. The van der Waals surface area contributed by atoms with Crippen molar-refractivity contribution in [1.82, 2.24) is 10.3 Å². The Bertz CT molecular complexity index is 870. The molecule has 2 N–H and O–H groups in total. The lowest BCUT2D eigenvalue weighted by Gasteiger charge is -2.25. The van der Waals surface area contributed by atoms with Crippen LogP contribution in [-0.2, 0) is 6.42 Å². The predicted octanol–water partition coefficient (Wildman–Crippen LogP) is 5.36. The third kappa shape index (κ3) is 2.31. The van der Waals surface area contributed by atoms with Gasteiger partial charge in [-0.3, -0.25) is 0 Å². The highest BCUT2D eigenvalue weighted by Gasteiger charge is 2.26. The molecule has 1 atom stereocenters. The van der Waals surface area contributed by atoms with Crippen LogP contribution in [0.5, 0.6) is 0 Å². The first-order chi connectivity index (χ1) is 10.6. The van der Waals surface area contributed by atoms with Crippen LogP contribution in [0.2, 0.25) is 15.1 Å². The number of rotatable bonds is 1. The van der Waals surface area contributed by atoms with E-state index < -0.39 is 0 Å². The Morgan fingerprint density at radius 1 is 0.955 bits per heavy atom. The van der Waals surface area contributed by atoms with Crippen LogP contribution in [-0.4, -0.2) is 11.5 Å². The molecule has 0 aliphatic carbocycles. The number of benzene rings is 2. The third-order valence-electron chi connectivity index (χ3n) is 4.19. The summed E-state index contributed by atoms with van der Waals surface area (Å²) in [6.07, 6.45) is 0.970. The quantitative estimate of drug-likeness (QED) is 0.606. The van der Waals surface area contributed by atoms with E-state index >= 15 is 0 Å². The molecule has 22 heavy (non-hydrogen) atoms. The molecule has 0 spiro atoms. The standard InChI is InChI=1S/C17H13Cl3N2/c18-9-2-4-15-13(7-9)11-5-6-21-16(17(11)22-15)12-3-1-10(19)8-14(12)20/h1-4,7-8,16,21-22H,5-6H2. The molecule has 0 radical (unpaired) electrons. The van der Waals surface area contributed by atoms with Gasteiger partial charge in [0.15, 0.2) is 0 Å². The maximum absolute atomic E-state index is 6.39. The molecule has 3 aromatic rings. The normalized spacial score (nSPS) is 17.7. The van der Waals surface area contributed by atoms with Crippen molar-refractivity contribution in [2.45, 2.75) is 12.5 Å². The summed E-state index contributed by atoms with van der Waals surface area (Å²) in [7, 11) is 0. The first-order valence-electron chi connectivity index (χ1n) is 7.12. The number of fused-ring (bicyclic) bond motifs is 3. The average molecular weight is 352 g/mol. The molecule has 5 heteroatoms. The van der Waals surface area contributed by atoms with E-state index in [-0.39, 0.29) is 6.04 Å². The van der Waals surface area contributed by atoms with E-state index in [0.717, 1.165) is 34.8 Å². The van der Waals surface area contributed by atoms with Crippen molar-refractivity contribution in [3.63, 3.8) is 0 Å². The van der Waals surface area contributed by atoms with Crippen molar-refractivity contribution >= 4 is 45.7 Å². The smallest absolute Gasteiger partial charge is 0.0746 e. The fourth-order valence-electron chi connectivity index (χ4n) is 3.20. The van der Waals surface area contributed by atoms with Gasteiger partial charge in [0.1, 0.15) is 0 Å². The van der Waals surface area contributed by atoms with Crippen LogP contribution in [0.3, 0.4) is 0 Å². The maximum atomic E-state index is 6.39. The lowest BCUT2D eigenvalue weighted by molar-refractivity contribution is 0.560. The molecule has 4 rings (SSSR count). The van der Waals surface area contributed by atoms with E-state index in [0.29, 0.717) is 10.0 Å². The van der Waals surface area contributed by atoms with Gasteiger partial charge in [-0.05, 0) is 47.9 Å². The van der Waals surface area contributed by atoms with Crippen molar-refractivity contribution < 1.29 is 0 Å². The molecule has 0 bridgehead atoms. The Labute approximate surface area is 143 Å². The van der Waals surface area contributed by atoms with E-state index in [4.69, 9.17) is 34.8 Å². The second-order valence-electron chi connectivity index (χ2n) is 5.51. The Morgan fingerprint density at radius 2 is 1.73 bits per heavy atom. The fourth-order valence-corrected chi connectivity index (χ4v) is 3.89. The minimum Gasteiger partial charge on any atom is -0.357 e. The molecule has 1 unspecified atom stereocenters. The molecule has 0 saturated heterocycles. The van der Waals surface area contributed by atoms with Crippen LogP contribution < -0.4 is 5.32 Å². The molecule has 0 amide bonds. The summed E-state index contributed by atoms with van der Waals surface area (Å²) in [6, 6.07) is 11.6. The molecular formula is C17H13Cl3N2. The zero-order valence-electron chi connectivity index (χ0n) is 11.6. The molecule has 112 valence electrons. The van der Waals surface area contributed by atoms with E-state index in [2.05, 4.69) is 10.3 Å². The summed E-state index contributed by atoms with van der Waals surface area (Å²) in [5, 5.41) is 6.81. The van der Waals surface area contributed by atoms with Crippen LogP contribution in [0.1, 0.15) is 22.9 Å². The highest BCUT2D eigenvalue weighted by molar-refractivity contribution is 6.35. The third-order valence-corrected chi connectivity index (χ3v) is 4.98. The molecule has 1 aliphatic rings. The summed E-state index contributed by atoms with van der Waals surface area (Å²) in [5.74, 6) is 0. The van der Waals surface area contributed by atoms with Gasteiger partial charge in [0.05, 0.1) is 6.04 Å². The largest absolute Gasteiger partial charge is 0.357 e. The lowest BCUT2D eigenvalue weighted by atomic mass is 9.94. The maximum Gasteiger partial charge on any atom is 0.0746 e. The minimum absolute atomic E-state index is 0.0414. The van der Waals surface area contributed by atoms with Crippen molar-refractivity contribution in [2.24, 2.45) is 0 Å². The fraction of sp³-hybridized carbons (Fsp3) is 0.176. The highest BCUT2D eigenvalue weighted by atomic mass is 35.5. The molecule has 2 heterocycles. The van der Waals surface area contributed by atoms with Crippen molar-refractivity contribution in [3.8, 4) is 0 Å². The van der Waals surface area contributed by atoms with Crippen LogP contribution in [0.15, 0.2) is 36.4 Å². The van der Waals surface area contributed by atoms with Gasteiger partial charge in [0, 0.05) is 38.2 Å². The van der Waals surface area contributed by atoms with Gasteiger partial charge >= 0.3 is 0 Å². The van der Waals surface area contributed by atoms with Crippen LogP contribution in [0, 0.1) is 0 Å². The summed E-state index contributed by atoms with van der Waals surface area (Å²) in [5.41, 5.74) is 4.61. The topological polar surface area (TPSA) is 27.8 Å². The molecular weight excluding hydrogens is 339 g/mol. The number of aromatic amines is 1. The van der Waals surface area contributed by atoms with E-state index in [1.54, 1.807) is 6.07 Å². The molecule has 0 saturated carbocycles. The highest BCUT2D eigenvalue weighted by Crippen LogP contribution is 2.37. The van der Waals surface area contributed by atoms with Gasteiger partial charge in [-0.2, -0.15) is 0 Å². The lowest BCUT2D eigenvalue weighted by Crippen LogP contribution is -2.30. The number of hydrogen-bond acceptors (Lipinski definition) is 1. The summed E-state index contributed by atoms with van der Waals surface area (Å²) in [6.45, 7) is 0.899. The molecule has 2 nitrogen and oxygen atoms in total. The zero-order chi connectivity index (χ0) is 15.3. The number of halogens is 3. The Kier molecular flexibility index (Phi) is 3.58.